The van der Waals surface area contributed by atoms with E-state index in [4.69, 9.17) is 9.47 Å². The van der Waals surface area contributed by atoms with Crippen molar-refractivity contribution in [2.24, 2.45) is 0 Å². The number of carbonyl (C=O) groups is 1. The molecule has 90 valence electrons. The molecule has 1 aromatic carbocycles. The summed E-state index contributed by atoms with van der Waals surface area (Å²) in [5.41, 5.74) is 0.0609. The molecule has 0 amide bonds. The summed E-state index contributed by atoms with van der Waals surface area (Å²) in [4.78, 5) is 21.4. The second-order valence-electron chi connectivity index (χ2n) is 3.34. The molecule has 0 aliphatic carbocycles. The SMILES string of the molecule is COC(=O)Cc1cc2c(cc1[N+](=O)[O-])OCO2. The van der Waals surface area contributed by atoms with Gasteiger partial charge in [0.1, 0.15) is 0 Å². The van der Waals surface area contributed by atoms with Crippen molar-refractivity contribution in [2.75, 3.05) is 13.9 Å². The standard InChI is InChI=1S/C10H9NO6/c1-15-10(12)3-6-2-8-9(17-5-16-8)4-7(6)11(13)14/h2,4H,3,5H2,1H3. The maximum atomic E-state index is 11.1. The molecule has 0 bridgehead atoms. The fraction of sp³-hybridized carbons (Fsp3) is 0.300. The van der Waals surface area contributed by atoms with Crippen LogP contribution < -0.4 is 9.47 Å². The molecule has 2 rings (SSSR count). The van der Waals surface area contributed by atoms with Crippen LogP contribution in [-0.4, -0.2) is 24.8 Å². The Labute approximate surface area is 96.0 Å². The lowest BCUT2D eigenvalue weighted by atomic mass is 10.1. The second-order valence-corrected chi connectivity index (χ2v) is 3.34. The van der Waals surface area contributed by atoms with Gasteiger partial charge < -0.3 is 14.2 Å². The second kappa shape index (κ2) is 4.28. The maximum absolute atomic E-state index is 11.1. The third kappa shape index (κ3) is 2.12. The van der Waals surface area contributed by atoms with E-state index in [1.165, 1.54) is 19.2 Å². The summed E-state index contributed by atoms with van der Waals surface area (Å²) >= 11 is 0. The highest BCUT2D eigenvalue weighted by Crippen LogP contribution is 2.38. The number of nitro benzene ring substituents is 1. The van der Waals surface area contributed by atoms with Gasteiger partial charge in [0.05, 0.1) is 24.5 Å². The van der Waals surface area contributed by atoms with E-state index in [0.717, 1.165) is 0 Å². The first kappa shape index (κ1) is 11.2. The Morgan fingerprint density at radius 3 is 2.71 bits per heavy atom. The normalized spacial score (nSPS) is 12.3. The Morgan fingerprint density at radius 1 is 1.47 bits per heavy atom. The molecule has 0 saturated carbocycles. The van der Waals surface area contributed by atoms with Crippen LogP contribution >= 0.6 is 0 Å². The summed E-state index contributed by atoms with van der Waals surface area (Å²) in [6.07, 6.45) is -0.177. The molecule has 1 aromatic rings. The van der Waals surface area contributed by atoms with Crippen LogP contribution in [0.3, 0.4) is 0 Å². The fourth-order valence-corrected chi connectivity index (χ4v) is 1.51. The van der Waals surface area contributed by atoms with Gasteiger partial charge in [-0.2, -0.15) is 0 Å². The zero-order valence-electron chi connectivity index (χ0n) is 8.97. The Kier molecular flexibility index (Phi) is 2.82. The molecular formula is C10H9NO6. The first-order chi connectivity index (χ1) is 8.11. The molecule has 0 radical (unpaired) electrons. The minimum atomic E-state index is -0.569. The van der Waals surface area contributed by atoms with Crippen molar-refractivity contribution in [2.45, 2.75) is 6.42 Å². The molecule has 17 heavy (non-hydrogen) atoms. The van der Waals surface area contributed by atoms with Gasteiger partial charge in [-0.3, -0.25) is 14.9 Å². The number of rotatable bonds is 3. The van der Waals surface area contributed by atoms with E-state index in [1.807, 2.05) is 0 Å². The molecule has 0 atom stereocenters. The number of carbonyl (C=O) groups excluding carboxylic acids is 1. The van der Waals surface area contributed by atoms with Crippen LogP contribution in [0.4, 0.5) is 5.69 Å². The van der Waals surface area contributed by atoms with Crippen molar-refractivity contribution < 1.29 is 23.9 Å². The van der Waals surface area contributed by atoms with Crippen LogP contribution in [0.2, 0.25) is 0 Å². The van der Waals surface area contributed by atoms with Crippen molar-refractivity contribution in [3.05, 3.63) is 27.8 Å². The van der Waals surface area contributed by atoms with E-state index in [2.05, 4.69) is 4.74 Å². The summed E-state index contributed by atoms with van der Waals surface area (Å²) in [5, 5.41) is 10.8. The van der Waals surface area contributed by atoms with E-state index in [0.29, 0.717) is 11.5 Å². The molecule has 0 unspecified atom stereocenters. The van der Waals surface area contributed by atoms with Gasteiger partial charge in [0, 0.05) is 5.56 Å². The van der Waals surface area contributed by atoms with E-state index in [9.17, 15) is 14.9 Å². The number of hydrogen-bond acceptors (Lipinski definition) is 6. The fourth-order valence-electron chi connectivity index (χ4n) is 1.51. The number of nitro groups is 1. The van der Waals surface area contributed by atoms with Crippen molar-refractivity contribution in [3.63, 3.8) is 0 Å². The topological polar surface area (TPSA) is 87.9 Å². The first-order valence-corrected chi connectivity index (χ1v) is 4.75. The largest absolute Gasteiger partial charge is 0.469 e. The first-order valence-electron chi connectivity index (χ1n) is 4.75. The lowest BCUT2D eigenvalue weighted by molar-refractivity contribution is -0.385. The lowest BCUT2D eigenvalue weighted by Crippen LogP contribution is -2.06. The monoisotopic (exact) mass is 239 g/mol. The quantitative estimate of drug-likeness (QED) is 0.445. The molecule has 1 aliphatic rings. The summed E-state index contributed by atoms with van der Waals surface area (Å²) in [6.45, 7) is 0.0220. The number of ether oxygens (including phenoxy) is 3. The highest BCUT2D eigenvalue weighted by molar-refractivity contribution is 5.75. The van der Waals surface area contributed by atoms with Gasteiger partial charge in [-0.15, -0.1) is 0 Å². The van der Waals surface area contributed by atoms with Crippen LogP contribution in [0.25, 0.3) is 0 Å². The van der Waals surface area contributed by atoms with Gasteiger partial charge >= 0.3 is 5.97 Å². The van der Waals surface area contributed by atoms with Crippen LogP contribution in [-0.2, 0) is 16.0 Å². The maximum Gasteiger partial charge on any atom is 0.310 e. The van der Waals surface area contributed by atoms with Crippen molar-refractivity contribution in [1.82, 2.24) is 0 Å². The minimum absolute atomic E-state index is 0.0220. The van der Waals surface area contributed by atoms with Crippen molar-refractivity contribution in [3.8, 4) is 11.5 Å². The van der Waals surface area contributed by atoms with Crippen LogP contribution in [0.15, 0.2) is 12.1 Å². The van der Waals surface area contributed by atoms with Crippen LogP contribution in [0.5, 0.6) is 11.5 Å². The zero-order chi connectivity index (χ0) is 12.4. The molecule has 1 aliphatic heterocycles. The molecule has 0 aromatic heterocycles. The summed E-state index contributed by atoms with van der Waals surface area (Å²) < 4.78 is 14.6. The third-order valence-corrected chi connectivity index (χ3v) is 2.33. The average molecular weight is 239 g/mol. The zero-order valence-corrected chi connectivity index (χ0v) is 8.97. The molecule has 7 nitrogen and oxygen atoms in total. The number of nitrogens with zero attached hydrogens (tertiary/aromatic N) is 1. The number of fused-ring (bicyclic) bond motifs is 1. The average Bonchev–Trinajstić information content (AvgIpc) is 2.74. The molecule has 0 fully saturated rings. The van der Waals surface area contributed by atoms with Gasteiger partial charge in [0.25, 0.3) is 5.69 Å². The predicted octanol–water partition coefficient (Wildman–Crippen LogP) is 1.04. The van der Waals surface area contributed by atoms with Crippen molar-refractivity contribution in [1.29, 1.82) is 0 Å². The van der Waals surface area contributed by atoms with E-state index < -0.39 is 10.9 Å². The van der Waals surface area contributed by atoms with Gasteiger partial charge in [-0.05, 0) is 6.07 Å². The molecular weight excluding hydrogens is 230 g/mol. The number of benzene rings is 1. The molecule has 1 heterocycles. The lowest BCUT2D eigenvalue weighted by Gasteiger charge is -2.03. The van der Waals surface area contributed by atoms with Crippen LogP contribution in [0.1, 0.15) is 5.56 Å². The number of methoxy groups -OCH3 is 1. The molecule has 0 saturated heterocycles. The minimum Gasteiger partial charge on any atom is -0.469 e. The van der Waals surface area contributed by atoms with Gasteiger partial charge in [-0.25, -0.2) is 0 Å². The van der Waals surface area contributed by atoms with E-state index in [1.54, 1.807) is 0 Å². The van der Waals surface area contributed by atoms with Gasteiger partial charge in [-0.1, -0.05) is 0 Å². The number of hydrogen-bond donors (Lipinski definition) is 0. The van der Waals surface area contributed by atoms with E-state index in [-0.39, 0.29) is 24.5 Å². The van der Waals surface area contributed by atoms with Gasteiger partial charge in [0.2, 0.25) is 6.79 Å². The Bertz CT molecular complexity index is 484. The predicted molar refractivity (Wildman–Crippen MR) is 54.9 cm³/mol. The van der Waals surface area contributed by atoms with Crippen LogP contribution in [0, 0.1) is 10.1 Å². The highest BCUT2D eigenvalue weighted by atomic mass is 16.7. The Hall–Kier alpha value is -2.31. The summed E-state index contributed by atoms with van der Waals surface area (Å²) in [7, 11) is 1.22. The summed E-state index contributed by atoms with van der Waals surface area (Å²) in [5.74, 6) is 0.159. The molecule has 0 spiro atoms. The Balaban J connectivity index is 2.41. The molecule has 0 N–H and O–H groups in total. The van der Waals surface area contributed by atoms with Gasteiger partial charge in [0.15, 0.2) is 11.5 Å². The smallest absolute Gasteiger partial charge is 0.310 e. The number of esters is 1. The Morgan fingerprint density at radius 2 is 2.12 bits per heavy atom. The summed E-state index contributed by atoms with van der Waals surface area (Å²) in [6, 6.07) is 2.68. The van der Waals surface area contributed by atoms with Crippen molar-refractivity contribution >= 4 is 11.7 Å². The highest BCUT2D eigenvalue weighted by Gasteiger charge is 2.24. The molecule has 7 heteroatoms. The third-order valence-electron chi connectivity index (χ3n) is 2.33. The van der Waals surface area contributed by atoms with E-state index >= 15 is 0 Å².